The van der Waals surface area contributed by atoms with Gasteiger partial charge in [0.1, 0.15) is 11.8 Å². The number of hydrogen-bond donors (Lipinski definition) is 0. The Kier molecular flexibility index (Phi) is 4.77. The lowest BCUT2D eigenvalue weighted by Gasteiger charge is -2.32. The van der Waals surface area contributed by atoms with Gasteiger partial charge in [0, 0.05) is 23.9 Å². The molecule has 150 valence electrons. The molecule has 6 nitrogen and oxygen atoms in total. The fourth-order valence-electron chi connectivity index (χ4n) is 3.90. The smallest absolute Gasteiger partial charge is 0.254 e. The number of amides is 1. The van der Waals surface area contributed by atoms with Crippen molar-refractivity contribution in [3.63, 3.8) is 0 Å². The van der Waals surface area contributed by atoms with E-state index in [0.29, 0.717) is 25.3 Å². The average Bonchev–Trinajstić information content (AvgIpc) is 3.22. The highest BCUT2D eigenvalue weighted by atomic mass is 16.5. The third-order valence-corrected chi connectivity index (χ3v) is 5.47. The molecule has 1 atom stereocenters. The van der Waals surface area contributed by atoms with Crippen LogP contribution >= 0.6 is 0 Å². The summed E-state index contributed by atoms with van der Waals surface area (Å²) in [5, 5.41) is 8.69. The van der Waals surface area contributed by atoms with Crippen molar-refractivity contribution in [2.45, 2.75) is 13.0 Å². The highest BCUT2D eigenvalue weighted by Gasteiger charge is 2.29. The molecule has 30 heavy (non-hydrogen) atoms. The maximum Gasteiger partial charge on any atom is 0.254 e. The Morgan fingerprint density at radius 2 is 1.90 bits per heavy atom. The predicted molar refractivity (Wildman–Crippen MR) is 114 cm³/mol. The highest BCUT2D eigenvalue weighted by molar-refractivity contribution is 5.94. The number of aryl methyl sites for hydroxylation is 1. The summed E-state index contributed by atoms with van der Waals surface area (Å²) in [4.78, 5) is 14.8. The number of fused-ring (bicyclic) bond motifs is 1. The monoisotopic (exact) mass is 398 g/mol. The van der Waals surface area contributed by atoms with Crippen LogP contribution in [0.2, 0.25) is 0 Å². The number of aromatic nitrogens is 3. The topological polar surface area (TPSA) is 59.7 Å². The first-order chi connectivity index (χ1) is 14.7. The number of benzene rings is 2. The van der Waals surface area contributed by atoms with E-state index in [-0.39, 0.29) is 12.0 Å². The maximum atomic E-state index is 13.0. The number of morpholine rings is 1. The van der Waals surface area contributed by atoms with Crippen LogP contribution in [-0.2, 0) is 4.74 Å². The third kappa shape index (κ3) is 3.46. The Labute approximate surface area is 174 Å². The molecule has 3 heterocycles. The Morgan fingerprint density at radius 3 is 2.73 bits per heavy atom. The molecule has 2 aromatic heterocycles. The van der Waals surface area contributed by atoms with E-state index in [1.165, 1.54) is 0 Å². The molecule has 0 aliphatic carbocycles. The first-order valence-corrected chi connectivity index (χ1v) is 10.1. The van der Waals surface area contributed by atoms with Gasteiger partial charge in [-0.3, -0.25) is 4.79 Å². The van der Waals surface area contributed by atoms with Crippen LogP contribution in [0, 0.1) is 6.92 Å². The molecule has 6 heteroatoms. The second-order valence-electron chi connectivity index (χ2n) is 7.57. The minimum absolute atomic E-state index is 0.0230. The van der Waals surface area contributed by atoms with Gasteiger partial charge in [-0.2, -0.15) is 0 Å². The van der Waals surface area contributed by atoms with Gasteiger partial charge in [0.25, 0.3) is 5.91 Å². The van der Waals surface area contributed by atoms with Gasteiger partial charge in [-0.1, -0.05) is 59.3 Å². The van der Waals surface area contributed by atoms with Gasteiger partial charge in [0.05, 0.1) is 18.7 Å². The Hall–Kier alpha value is -3.51. The summed E-state index contributed by atoms with van der Waals surface area (Å²) >= 11 is 0. The van der Waals surface area contributed by atoms with Gasteiger partial charge >= 0.3 is 0 Å². The van der Waals surface area contributed by atoms with Gasteiger partial charge in [0.15, 0.2) is 0 Å². The van der Waals surface area contributed by atoms with Gasteiger partial charge in [-0.05, 0) is 30.7 Å². The summed E-state index contributed by atoms with van der Waals surface area (Å²) < 4.78 is 7.76. The van der Waals surface area contributed by atoms with Crippen LogP contribution < -0.4 is 0 Å². The van der Waals surface area contributed by atoms with Gasteiger partial charge in [-0.15, -0.1) is 5.10 Å². The minimum Gasteiger partial charge on any atom is -0.368 e. The number of nitrogens with zero attached hydrogens (tertiary/aromatic N) is 4. The first-order valence-electron chi connectivity index (χ1n) is 10.1. The van der Waals surface area contributed by atoms with Crippen molar-refractivity contribution in [2.75, 3.05) is 19.7 Å². The van der Waals surface area contributed by atoms with Gasteiger partial charge in [-0.25, -0.2) is 4.52 Å². The van der Waals surface area contributed by atoms with Crippen LogP contribution in [0.25, 0.3) is 16.6 Å². The Bertz CT molecular complexity index is 1200. The summed E-state index contributed by atoms with van der Waals surface area (Å²) in [7, 11) is 0. The van der Waals surface area contributed by atoms with E-state index >= 15 is 0 Å². The van der Waals surface area contributed by atoms with Crippen LogP contribution in [0.15, 0.2) is 72.9 Å². The lowest BCUT2D eigenvalue weighted by molar-refractivity contribution is -0.0241. The molecule has 1 amide bonds. The molecule has 5 rings (SSSR count). The summed E-state index contributed by atoms with van der Waals surface area (Å²) in [6.07, 6.45) is 1.67. The quantitative estimate of drug-likeness (QED) is 0.525. The van der Waals surface area contributed by atoms with Crippen LogP contribution in [-0.4, -0.2) is 45.3 Å². The maximum absolute atomic E-state index is 13.0. The van der Waals surface area contributed by atoms with Gasteiger partial charge in [0.2, 0.25) is 0 Å². The second kappa shape index (κ2) is 7.72. The van der Waals surface area contributed by atoms with Crippen LogP contribution in [0.5, 0.6) is 0 Å². The van der Waals surface area contributed by atoms with Crippen molar-refractivity contribution in [3.05, 3.63) is 89.7 Å². The standard InChI is InChI=1S/C24H22N4O2/c1-17-6-5-9-19(14-17)24(29)27-12-13-30-22(16-27)23-21-11-10-20(15-28(21)26-25-23)18-7-3-2-4-8-18/h2-11,14-15,22H,12-13,16H2,1H3/t22-/m0/s1. The van der Waals surface area contributed by atoms with E-state index < -0.39 is 0 Å². The van der Waals surface area contributed by atoms with Crippen molar-refractivity contribution in [2.24, 2.45) is 0 Å². The van der Waals surface area contributed by atoms with E-state index in [0.717, 1.165) is 27.9 Å². The number of rotatable bonds is 3. The Morgan fingerprint density at radius 1 is 1.03 bits per heavy atom. The third-order valence-electron chi connectivity index (χ3n) is 5.47. The summed E-state index contributed by atoms with van der Waals surface area (Å²) in [5.74, 6) is 0.0230. The zero-order chi connectivity index (χ0) is 20.5. The van der Waals surface area contributed by atoms with Crippen molar-refractivity contribution in [3.8, 4) is 11.1 Å². The van der Waals surface area contributed by atoms with Crippen LogP contribution in [0.3, 0.4) is 0 Å². The molecular formula is C24H22N4O2. The molecule has 0 N–H and O–H groups in total. The summed E-state index contributed by atoms with van der Waals surface area (Å²) in [6, 6.07) is 21.9. The molecule has 0 bridgehead atoms. The van der Waals surface area contributed by atoms with E-state index in [1.54, 1.807) is 4.52 Å². The van der Waals surface area contributed by atoms with Crippen LogP contribution in [0.1, 0.15) is 27.7 Å². The molecule has 0 radical (unpaired) electrons. The van der Waals surface area contributed by atoms with Crippen molar-refractivity contribution in [1.29, 1.82) is 0 Å². The molecule has 0 saturated carbocycles. The normalized spacial score (nSPS) is 16.7. The van der Waals surface area contributed by atoms with Crippen molar-refractivity contribution in [1.82, 2.24) is 19.7 Å². The molecule has 0 unspecified atom stereocenters. The number of carbonyl (C=O) groups is 1. The predicted octanol–water partition coefficient (Wildman–Crippen LogP) is 3.92. The SMILES string of the molecule is Cc1cccc(C(=O)N2CCO[C@H](c3nnn4cc(-c5ccccc5)ccc34)C2)c1. The van der Waals surface area contributed by atoms with E-state index in [1.807, 2.05) is 66.6 Å². The molecule has 0 spiro atoms. The largest absolute Gasteiger partial charge is 0.368 e. The zero-order valence-corrected chi connectivity index (χ0v) is 16.7. The highest BCUT2D eigenvalue weighted by Crippen LogP contribution is 2.27. The number of carbonyl (C=O) groups excluding carboxylic acids is 1. The van der Waals surface area contributed by atoms with Crippen LogP contribution in [0.4, 0.5) is 0 Å². The van der Waals surface area contributed by atoms with E-state index in [9.17, 15) is 4.79 Å². The first kappa shape index (κ1) is 18.5. The summed E-state index contributed by atoms with van der Waals surface area (Å²) in [5.41, 5.74) is 5.63. The summed E-state index contributed by atoms with van der Waals surface area (Å²) in [6.45, 7) is 3.50. The molecule has 1 aliphatic heterocycles. The lowest BCUT2D eigenvalue weighted by atomic mass is 10.1. The lowest BCUT2D eigenvalue weighted by Crippen LogP contribution is -2.42. The van der Waals surface area contributed by atoms with Crippen molar-refractivity contribution >= 4 is 11.4 Å². The van der Waals surface area contributed by atoms with Gasteiger partial charge < -0.3 is 9.64 Å². The zero-order valence-electron chi connectivity index (χ0n) is 16.7. The fraction of sp³-hybridized carbons (Fsp3) is 0.208. The molecule has 1 fully saturated rings. The van der Waals surface area contributed by atoms with E-state index in [2.05, 4.69) is 28.5 Å². The second-order valence-corrected chi connectivity index (χ2v) is 7.57. The molecule has 4 aromatic rings. The molecule has 1 saturated heterocycles. The molecular weight excluding hydrogens is 376 g/mol. The van der Waals surface area contributed by atoms with Crippen molar-refractivity contribution < 1.29 is 9.53 Å². The van der Waals surface area contributed by atoms with E-state index in [4.69, 9.17) is 4.74 Å². The molecule has 2 aromatic carbocycles. The fourth-order valence-corrected chi connectivity index (χ4v) is 3.90. The Balaban J connectivity index is 1.40. The number of pyridine rings is 1. The number of ether oxygens (including phenoxy) is 1. The number of hydrogen-bond acceptors (Lipinski definition) is 4. The molecule has 1 aliphatic rings. The minimum atomic E-state index is -0.299. The average molecular weight is 398 g/mol.